The Morgan fingerprint density at radius 2 is 1.76 bits per heavy atom. The van der Waals surface area contributed by atoms with Crippen LogP contribution in [0.3, 0.4) is 0 Å². The number of benzene rings is 2. The molecule has 2 aliphatic rings. The molecule has 2 aliphatic heterocycles. The summed E-state index contributed by atoms with van der Waals surface area (Å²) in [6, 6.07) is 12.8. The summed E-state index contributed by atoms with van der Waals surface area (Å²) in [6.07, 6.45) is -6.72. The number of rotatable bonds is 5. The van der Waals surface area contributed by atoms with E-state index in [-0.39, 0.29) is 5.91 Å². The van der Waals surface area contributed by atoms with Crippen LogP contribution >= 0.6 is 0 Å². The van der Waals surface area contributed by atoms with E-state index in [9.17, 15) is 25.2 Å². The van der Waals surface area contributed by atoms with Crippen LogP contribution in [0.2, 0.25) is 0 Å². The predicted octanol–water partition coefficient (Wildman–Crippen LogP) is 0.313. The van der Waals surface area contributed by atoms with Crippen molar-refractivity contribution >= 4 is 5.91 Å². The van der Waals surface area contributed by atoms with Gasteiger partial charge in [-0.1, -0.05) is 18.2 Å². The molecule has 0 aliphatic carbocycles. The van der Waals surface area contributed by atoms with Crippen LogP contribution in [0, 0.1) is 6.92 Å². The van der Waals surface area contributed by atoms with Crippen molar-refractivity contribution in [1.29, 1.82) is 0 Å². The number of amides is 1. The van der Waals surface area contributed by atoms with E-state index in [4.69, 9.17) is 14.2 Å². The van der Waals surface area contributed by atoms with Crippen molar-refractivity contribution < 1.29 is 39.4 Å². The molecule has 0 radical (unpaired) electrons. The lowest BCUT2D eigenvalue weighted by atomic mass is 9.99. The first-order chi connectivity index (χ1) is 15.9. The van der Waals surface area contributed by atoms with E-state index >= 15 is 0 Å². The van der Waals surface area contributed by atoms with E-state index in [0.717, 1.165) is 16.7 Å². The second-order valence-electron chi connectivity index (χ2n) is 8.28. The van der Waals surface area contributed by atoms with Gasteiger partial charge in [0.25, 0.3) is 5.91 Å². The summed E-state index contributed by atoms with van der Waals surface area (Å²) >= 11 is 0. The number of nitrogens with zero attached hydrogens (tertiary/aromatic N) is 1. The van der Waals surface area contributed by atoms with E-state index in [2.05, 4.69) is 0 Å². The molecule has 5 unspecified atom stereocenters. The van der Waals surface area contributed by atoms with Crippen molar-refractivity contribution in [3.63, 3.8) is 0 Å². The zero-order valence-corrected chi connectivity index (χ0v) is 18.3. The molecule has 33 heavy (non-hydrogen) atoms. The van der Waals surface area contributed by atoms with Crippen LogP contribution in [-0.2, 0) is 9.47 Å². The Morgan fingerprint density at radius 1 is 1.03 bits per heavy atom. The Bertz CT molecular complexity index is 975. The Hall–Kier alpha value is -2.53. The molecular weight excluding hydrogens is 430 g/mol. The van der Waals surface area contributed by atoms with Gasteiger partial charge in [-0.05, 0) is 47.9 Å². The normalized spacial score (nSPS) is 27.9. The predicted molar refractivity (Wildman–Crippen MR) is 118 cm³/mol. The summed E-state index contributed by atoms with van der Waals surface area (Å²) in [7, 11) is 0. The van der Waals surface area contributed by atoms with Crippen LogP contribution in [0.5, 0.6) is 5.75 Å². The smallest absolute Gasteiger partial charge is 0.254 e. The highest BCUT2D eigenvalue weighted by Gasteiger charge is 2.44. The van der Waals surface area contributed by atoms with Crippen molar-refractivity contribution in [2.75, 3.05) is 32.9 Å². The summed E-state index contributed by atoms with van der Waals surface area (Å²) in [6.45, 7) is 3.53. The molecule has 4 N–H and O–H groups in total. The molecule has 1 amide bonds. The fourth-order valence-corrected chi connectivity index (χ4v) is 4.03. The topological polar surface area (TPSA) is 129 Å². The first-order valence-corrected chi connectivity index (χ1v) is 10.9. The highest BCUT2D eigenvalue weighted by Crippen LogP contribution is 2.30. The molecule has 0 saturated carbocycles. The van der Waals surface area contributed by atoms with Crippen molar-refractivity contribution in [2.24, 2.45) is 0 Å². The Labute approximate surface area is 191 Å². The van der Waals surface area contributed by atoms with E-state index in [1.54, 1.807) is 17.0 Å². The molecule has 2 aromatic carbocycles. The number of hydrogen-bond acceptors (Lipinski definition) is 8. The fourth-order valence-electron chi connectivity index (χ4n) is 4.03. The lowest BCUT2D eigenvalue weighted by molar-refractivity contribution is -0.277. The van der Waals surface area contributed by atoms with Crippen LogP contribution < -0.4 is 4.74 Å². The van der Waals surface area contributed by atoms with Crippen LogP contribution in [0.4, 0.5) is 0 Å². The maximum Gasteiger partial charge on any atom is 0.254 e. The molecule has 9 heteroatoms. The third kappa shape index (κ3) is 5.03. The van der Waals surface area contributed by atoms with Gasteiger partial charge in [-0.15, -0.1) is 0 Å². The average molecular weight is 459 g/mol. The second-order valence-corrected chi connectivity index (χ2v) is 8.28. The molecule has 0 bridgehead atoms. The number of aliphatic hydroxyl groups excluding tert-OH is 4. The number of ether oxygens (including phenoxy) is 3. The van der Waals surface area contributed by atoms with Gasteiger partial charge in [-0.25, -0.2) is 0 Å². The zero-order chi connectivity index (χ0) is 23.5. The summed E-state index contributed by atoms with van der Waals surface area (Å²) in [5.74, 6) is 0.392. The lowest BCUT2D eigenvalue weighted by Gasteiger charge is -2.39. The minimum atomic E-state index is -1.51. The summed E-state index contributed by atoms with van der Waals surface area (Å²) < 4.78 is 16.5. The molecular formula is C24H29NO8. The van der Waals surface area contributed by atoms with E-state index in [1.165, 1.54) is 0 Å². The van der Waals surface area contributed by atoms with Crippen molar-refractivity contribution in [3.05, 3.63) is 53.6 Å². The number of aryl methyl sites for hydroxylation is 1. The number of aliphatic hydroxyl groups is 4. The number of carbonyl (C=O) groups excluding carboxylic acids is 1. The zero-order valence-electron chi connectivity index (χ0n) is 18.3. The van der Waals surface area contributed by atoms with E-state index in [1.807, 2.05) is 37.3 Å². The lowest BCUT2D eigenvalue weighted by Crippen LogP contribution is -2.60. The Balaban J connectivity index is 1.50. The van der Waals surface area contributed by atoms with Gasteiger partial charge < -0.3 is 39.5 Å². The monoisotopic (exact) mass is 459 g/mol. The largest absolute Gasteiger partial charge is 0.462 e. The maximum absolute atomic E-state index is 12.8. The van der Waals surface area contributed by atoms with Gasteiger partial charge in [0.1, 0.15) is 30.2 Å². The quantitative estimate of drug-likeness (QED) is 0.503. The molecule has 0 spiro atoms. The van der Waals surface area contributed by atoms with Crippen LogP contribution in [0.15, 0.2) is 42.5 Å². The molecule has 4 rings (SSSR count). The molecule has 9 nitrogen and oxygen atoms in total. The standard InChI is InChI=1S/C24H29NO8/c1-14-11-16(15-3-2-4-17(12-15)23(30)25-7-9-31-10-8-25)5-6-18(14)32-24-22(29)21(28)20(27)19(13-26)33-24/h2-6,11-12,19-22,24,26-29H,7-10,13H2,1H3. The van der Waals surface area contributed by atoms with Crippen molar-refractivity contribution in [2.45, 2.75) is 37.6 Å². The minimum absolute atomic E-state index is 0.0283. The van der Waals surface area contributed by atoms with Gasteiger partial charge >= 0.3 is 0 Å². The molecule has 5 atom stereocenters. The molecule has 178 valence electrons. The fraction of sp³-hybridized carbons (Fsp3) is 0.458. The number of hydrogen-bond donors (Lipinski definition) is 4. The van der Waals surface area contributed by atoms with Gasteiger partial charge in [0.05, 0.1) is 19.8 Å². The second kappa shape index (κ2) is 10.2. The van der Waals surface area contributed by atoms with Gasteiger partial charge in [0.15, 0.2) is 0 Å². The van der Waals surface area contributed by atoms with Gasteiger partial charge in [-0.2, -0.15) is 0 Å². The molecule has 2 saturated heterocycles. The Kier molecular flexibility index (Phi) is 7.28. The maximum atomic E-state index is 12.8. The minimum Gasteiger partial charge on any atom is -0.462 e. The Morgan fingerprint density at radius 3 is 2.45 bits per heavy atom. The molecule has 2 heterocycles. The van der Waals surface area contributed by atoms with Gasteiger partial charge in [-0.3, -0.25) is 4.79 Å². The molecule has 2 fully saturated rings. The van der Waals surface area contributed by atoms with Gasteiger partial charge in [0, 0.05) is 18.7 Å². The van der Waals surface area contributed by atoms with Crippen LogP contribution in [-0.4, -0.2) is 94.8 Å². The number of morpholine rings is 1. The first kappa shape index (κ1) is 23.6. The van der Waals surface area contributed by atoms with Gasteiger partial charge in [0.2, 0.25) is 6.29 Å². The third-order valence-electron chi connectivity index (χ3n) is 6.01. The summed E-state index contributed by atoms with van der Waals surface area (Å²) in [4.78, 5) is 14.6. The van der Waals surface area contributed by atoms with E-state index < -0.39 is 37.3 Å². The number of carbonyl (C=O) groups is 1. The SMILES string of the molecule is Cc1cc(-c2cccc(C(=O)N3CCOCC3)c2)ccc1OC1OC(CO)C(O)C(O)C1O. The first-order valence-electron chi connectivity index (χ1n) is 10.9. The highest BCUT2D eigenvalue weighted by atomic mass is 16.7. The van der Waals surface area contributed by atoms with Crippen LogP contribution in [0.1, 0.15) is 15.9 Å². The third-order valence-corrected chi connectivity index (χ3v) is 6.01. The summed E-state index contributed by atoms with van der Waals surface area (Å²) in [5.41, 5.74) is 3.10. The highest BCUT2D eigenvalue weighted by molar-refractivity contribution is 5.95. The molecule has 0 aromatic heterocycles. The molecule has 2 aromatic rings. The average Bonchev–Trinajstić information content (AvgIpc) is 2.85. The van der Waals surface area contributed by atoms with Crippen LogP contribution in [0.25, 0.3) is 11.1 Å². The van der Waals surface area contributed by atoms with E-state index in [0.29, 0.717) is 37.6 Å². The summed E-state index contributed by atoms with van der Waals surface area (Å²) in [5, 5.41) is 39.4. The van der Waals surface area contributed by atoms with Crippen molar-refractivity contribution in [3.8, 4) is 16.9 Å². The van der Waals surface area contributed by atoms with Crippen molar-refractivity contribution in [1.82, 2.24) is 4.90 Å².